The molecule has 1 saturated heterocycles. The highest BCUT2D eigenvalue weighted by molar-refractivity contribution is 4.67. The molecule has 0 bridgehead atoms. The van der Waals surface area contributed by atoms with Crippen LogP contribution in [0.25, 0.3) is 0 Å². The summed E-state index contributed by atoms with van der Waals surface area (Å²) in [5.41, 5.74) is 0. The molecule has 2 atom stereocenters. The zero-order valence-corrected chi connectivity index (χ0v) is 11.2. The van der Waals surface area contributed by atoms with Crippen LogP contribution in [0, 0.1) is 0 Å². The maximum atomic E-state index is 5.60. The molecule has 0 aromatic carbocycles. The fraction of sp³-hybridized carbons (Fsp3) is 1.00. The maximum absolute atomic E-state index is 5.60. The first-order chi connectivity index (χ1) is 7.68. The molecule has 0 aliphatic carbocycles. The van der Waals surface area contributed by atoms with Crippen LogP contribution in [0.4, 0.5) is 0 Å². The van der Waals surface area contributed by atoms with Gasteiger partial charge in [0.2, 0.25) is 0 Å². The topological polar surface area (TPSA) is 24.5 Å². The average molecular weight is 228 g/mol. The second-order valence-electron chi connectivity index (χ2n) is 5.22. The number of hydrogen-bond donors (Lipinski definition) is 1. The van der Waals surface area contributed by atoms with Crippen molar-refractivity contribution in [3.63, 3.8) is 0 Å². The molecule has 0 radical (unpaired) electrons. The normalized spacial score (nSPS) is 22.9. The third-order valence-corrected chi connectivity index (χ3v) is 3.23. The minimum absolute atomic E-state index is 0.555. The van der Waals surface area contributed by atoms with Crippen molar-refractivity contribution in [2.24, 2.45) is 0 Å². The largest absolute Gasteiger partial charge is 0.378 e. The molecular weight excluding hydrogens is 200 g/mol. The quantitative estimate of drug-likeness (QED) is 0.642. The Morgan fingerprint density at radius 3 is 2.88 bits per heavy atom. The van der Waals surface area contributed by atoms with Gasteiger partial charge in [0.25, 0.3) is 0 Å². The summed E-state index contributed by atoms with van der Waals surface area (Å²) < 4.78 is 5.60. The second kappa shape index (κ2) is 8.04. The van der Waals surface area contributed by atoms with E-state index in [1.165, 1.54) is 38.6 Å². The molecule has 2 unspecified atom stereocenters. The molecule has 1 aliphatic heterocycles. The minimum atomic E-state index is 0.555. The van der Waals surface area contributed by atoms with E-state index in [0.29, 0.717) is 12.1 Å². The van der Waals surface area contributed by atoms with Crippen molar-refractivity contribution in [3.8, 4) is 0 Å². The van der Waals surface area contributed by atoms with Gasteiger partial charge in [0, 0.05) is 12.6 Å². The summed E-state index contributed by atoms with van der Waals surface area (Å²) in [6, 6.07) is 0.631. The first kappa shape index (κ1) is 13.9. The van der Waals surface area contributed by atoms with Gasteiger partial charge in [-0.1, -0.05) is 0 Å². The Hall–Kier alpha value is -0.120. The maximum Gasteiger partial charge on any atom is 0.0576 e. The van der Waals surface area contributed by atoms with Crippen LogP contribution in [0.15, 0.2) is 0 Å². The van der Waals surface area contributed by atoms with Gasteiger partial charge in [-0.2, -0.15) is 0 Å². The lowest BCUT2D eigenvalue weighted by molar-refractivity contribution is 0.102. The Labute approximate surface area is 101 Å². The van der Waals surface area contributed by atoms with Gasteiger partial charge < -0.3 is 15.0 Å². The van der Waals surface area contributed by atoms with Crippen LogP contribution < -0.4 is 5.32 Å². The molecule has 0 saturated carbocycles. The zero-order chi connectivity index (χ0) is 11.8. The van der Waals surface area contributed by atoms with E-state index < -0.39 is 0 Å². The minimum Gasteiger partial charge on any atom is -0.378 e. The van der Waals surface area contributed by atoms with Gasteiger partial charge in [-0.3, -0.25) is 0 Å². The lowest BCUT2D eigenvalue weighted by Crippen LogP contribution is -2.30. The van der Waals surface area contributed by atoms with Crippen LogP contribution in [0.2, 0.25) is 0 Å². The highest BCUT2D eigenvalue weighted by Crippen LogP contribution is 2.16. The lowest BCUT2D eigenvalue weighted by atomic mass is 10.1. The van der Waals surface area contributed by atoms with Gasteiger partial charge in [-0.05, 0) is 66.2 Å². The molecule has 3 nitrogen and oxygen atoms in total. The first-order valence-electron chi connectivity index (χ1n) is 6.68. The Balaban J connectivity index is 1.89. The molecule has 1 heterocycles. The summed E-state index contributed by atoms with van der Waals surface area (Å²) in [5, 5.41) is 3.58. The number of nitrogens with zero attached hydrogens (tertiary/aromatic N) is 1. The summed E-state index contributed by atoms with van der Waals surface area (Å²) in [6.45, 7) is 5.56. The van der Waals surface area contributed by atoms with Crippen molar-refractivity contribution in [2.45, 2.75) is 51.2 Å². The van der Waals surface area contributed by atoms with E-state index in [-0.39, 0.29) is 0 Å². The van der Waals surface area contributed by atoms with Gasteiger partial charge >= 0.3 is 0 Å². The summed E-state index contributed by atoms with van der Waals surface area (Å²) >= 11 is 0. The van der Waals surface area contributed by atoms with Gasteiger partial charge in [-0.15, -0.1) is 0 Å². The number of ether oxygens (including phenoxy) is 1. The fourth-order valence-electron chi connectivity index (χ4n) is 2.10. The smallest absolute Gasteiger partial charge is 0.0576 e. The molecule has 0 aromatic heterocycles. The van der Waals surface area contributed by atoms with Crippen molar-refractivity contribution >= 4 is 0 Å². The van der Waals surface area contributed by atoms with Crippen LogP contribution in [-0.4, -0.2) is 50.8 Å². The molecule has 16 heavy (non-hydrogen) atoms. The third kappa shape index (κ3) is 6.46. The number of hydrogen-bond acceptors (Lipinski definition) is 3. The molecule has 0 spiro atoms. The van der Waals surface area contributed by atoms with E-state index in [2.05, 4.69) is 31.2 Å². The SMILES string of the molecule is CC(CCN(C)C)NCCCC1CCCO1. The van der Waals surface area contributed by atoms with Crippen LogP contribution >= 0.6 is 0 Å². The van der Waals surface area contributed by atoms with Crippen LogP contribution in [0.1, 0.15) is 39.0 Å². The molecule has 96 valence electrons. The summed E-state index contributed by atoms with van der Waals surface area (Å²) in [4.78, 5) is 2.24. The van der Waals surface area contributed by atoms with Crippen LogP contribution in [-0.2, 0) is 4.74 Å². The van der Waals surface area contributed by atoms with Gasteiger partial charge in [-0.25, -0.2) is 0 Å². The van der Waals surface area contributed by atoms with Crippen LogP contribution in [0.5, 0.6) is 0 Å². The van der Waals surface area contributed by atoms with E-state index in [0.717, 1.165) is 13.2 Å². The van der Waals surface area contributed by atoms with E-state index in [9.17, 15) is 0 Å². The van der Waals surface area contributed by atoms with Crippen molar-refractivity contribution in [2.75, 3.05) is 33.8 Å². The number of nitrogens with one attached hydrogen (secondary N) is 1. The Bertz CT molecular complexity index is 167. The Morgan fingerprint density at radius 2 is 2.25 bits per heavy atom. The molecule has 1 aliphatic rings. The zero-order valence-electron chi connectivity index (χ0n) is 11.2. The predicted molar refractivity (Wildman–Crippen MR) is 68.8 cm³/mol. The van der Waals surface area contributed by atoms with Crippen molar-refractivity contribution in [3.05, 3.63) is 0 Å². The molecule has 1 N–H and O–H groups in total. The summed E-state index contributed by atoms with van der Waals surface area (Å²) in [6.07, 6.45) is 6.80. The van der Waals surface area contributed by atoms with Crippen LogP contribution in [0.3, 0.4) is 0 Å². The van der Waals surface area contributed by atoms with E-state index in [4.69, 9.17) is 4.74 Å². The highest BCUT2D eigenvalue weighted by atomic mass is 16.5. The number of rotatable bonds is 8. The van der Waals surface area contributed by atoms with Crippen molar-refractivity contribution in [1.82, 2.24) is 10.2 Å². The predicted octanol–water partition coefficient (Wildman–Crippen LogP) is 1.88. The molecule has 1 fully saturated rings. The lowest BCUT2D eigenvalue weighted by Gasteiger charge is -2.17. The standard InChI is InChI=1S/C13H28N2O/c1-12(8-10-15(2)3)14-9-4-6-13-7-5-11-16-13/h12-14H,4-11H2,1-3H3. The highest BCUT2D eigenvalue weighted by Gasteiger charge is 2.14. The molecule has 0 aromatic rings. The van der Waals surface area contributed by atoms with E-state index in [1.54, 1.807) is 0 Å². The molecule has 3 heteroatoms. The molecular formula is C13H28N2O. The molecule has 1 rings (SSSR count). The van der Waals surface area contributed by atoms with Gasteiger partial charge in [0.05, 0.1) is 6.10 Å². The van der Waals surface area contributed by atoms with E-state index >= 15 is 0 Å². The average Bonchev–Trinajstić information content (AvgIpc) is 2.74. The Kier molecular flexibility index (Phi) is 7.01. The van der Waals surface area contributed by atoms with E-state index in [1.807, 2.05) is 0 Å². The summed E-state index contributed by atoms with van der Waals surface area (Å²) in [5.74, 6) is 0. The van der Waals surface area contributed by atoms with Crippen molar-refractivity contribution in [1.29, 1.82) is 0 Å². The summed E-state index contributed by atoms with van der Waals surface area (Å²) in [7, 11) is 4.26. The van der Waals surface area contributed by atoms with Crippen molar-refractivity contribution < 1.29 is 4.74 Å². The fourth-order valence-corrected chi connectivity index (χ4v) is 2.10. The Morgan fingerprint density at radius 1 is 1.44 bits per heavy atom. The first-order valence-corrected chi connectivity index (χ1v) is 6.68. The monoisotopic (exact) mass is 228 g/mol. The molecule has 0 amide bonds. The van der Waals surface area contributed by atoms with Gasteiger partial charge in [0.1, 0.15) is 0 Å². The third-order valence-electron chi connectivity index (χ3n) is 3.23. The second-order valence-corrected chi connectivity index (χ2v) is 5.22. The van der Waals surface area contributed by atoms with Gasteiger partial charge in [0.15, 0.2) is 0 Å².